The second-order valence-electron chi connectivity index (χ2n) is 9.90. The first kappa shape index (κ1) is 33.9. The van der Waals surface area contributed by atoms with Crippen LogP contribution in [0.5, 0.6) is 0 Å². The number of carbonyl (C=O) groups excluding carboxylic acids is 2. The van der Waals surface area contributed by atoms with Crippen LogP contribution in [0.4, 0.5) is 0 Å². The summed E-state index contributed by atoms with van der Waals surface area (Å²) in [7, 11) is 0. The van der Waals surface area contributed by atoms with E-state index in [4.69, 9.17) is 5.11 Å². The van der Waals surface area contributed by atoms with Gasteiger partial charge in [-0.3, -0.25) is 14.4 Å². The third-order valence-corrected chi connectivity index (χ3v) is 6.44. The topological polar surface area (TPSA) is 133 Å². The third-order valence-electron chi connectivity index (χ3n) is 6.44. The summed E-state index contributed by atoms with van der Waals surface area (Å²) in [6, 6.07) is -1.02. The Labute approximate surface area is 218 Å². The summed E-state index contributed by atoms with van der Waals surface area (Å²) in [5, 5.41) is 23.3. The van der Waals surface area contributed by atoms with Gasteiger partial charge in [-0.1, -0.05) is 96.8 Å². The van der Waals surface area contributed by atoms with E-state index in [0.29, 0.717) is 19.4 Å². The molecule has 8 nitrogen and oxygen atoms in total. The normalized spacial score (nSPS) is 11.7. The predicted octanol–water partition coefficient (Wildman–Crippen LogP) is 5.97. The van der Waals surface area contributed by atoms with Crippen LogP contribution in [0.15, 0.2) is 0 Å². The molecular formula is C28H52N2O6. The fourth-order valence-corrected chi connectivity index (χ4v) is 4.17. The van der Waals surface area contributed by atoms with Crippen molar-refractivity contribution in [2.75, 3.05) is 6.54 Å². The highest BCUT2D eigenvalue weighted by molar-refractivity contribution is 5.84. The molecule has 0 fully saturated rings. The molecule has 8 heteroatoms. The van der Waals surface area contributed by atoms with Crippen LogP contribution < -0.4 is 10.6 Å². The van der Waals surface area contributed by atoms with Crippen LogP contribution >= 0.6 is 0 Å². The van der Waals surface area contributed by atoms with Crippen molar-refractivity contribution in [2.45, 2.75) is 148 Å². The first-order valence-corrected chi connectivity index (χ1v) is 14.4. The molecule has 210 valence electrons. The highest BCUT2D eigenvalue weighted by Gasteiger charge is 2.20. The van der Waals surface area contributed by atoms with Crippen molar-refractivity contribution in [3.63, 3.8) is 0 Å². The number of nitrogens with one attached hydrogen (secondary N) is 2. The molecule has 0 aliphatic rings. The number of amides is 2. The van der Waals surface area contributed by atoms with Crippen molar-refractivity contribution in [3.8, 4) is 0 Å². The summed E-state index contributed by atoms with van der Waals surface area (Å²) in [5.74, 6) is -2.22. The molecule has 0 spiro atoms. The van der Waals surface area contributed by atoms with Gasteiger partial charge in [0.15, 0.2) is 0 Å². The lowest BCUT2D eigenvalue weighted by atomic mass is 10.0. The molecule has 0 aliphatic heterocycles. The number of hydrogen-bond acceptors (Lipinski definition) is 4. The van der Waals surface area contributed by atoms with Crippen LogP contribution in [-0.4, -0.2) is 46.6 Å². The highest BCUT2D eigenvalue weighted by atomic mass is 16.4. The molecule has 0 aromatic carbocycles. The van der Waals surface area contributed by atoms with Crippen molar-refractivity contribution in [2.24, 2.45) is 0 Å². The number of carboxylic acid groups (broad SMARTS) is 2. The largest absolute Gasteiger partial charge is 0.481 e. The maximum absolute atomic E-state index is 12.1. The highest BCUT2D eigenvalue weighted by Crippen LogP contribution is 2.14. The Morgan fingerprint density at radius 2 is 1.06 bits per heavy atom. The molecule has 0 aliphatic carbocycles. The zero-order valence-electron chi connectivity index (χ0n) is 22.7. The van der Waals surface area contributed by atoms with Crippen molar-refractivity contribution in [1.82, 2.24) is 10.6 Å². The molecule has 0 saturated carbocycles. The van der Waals surface area contributed by atoms with Gasteiger partial charge in [0.05, 0.1) is 0 Å². The van der Waals surface area contributed by atoms with Gasteiger partial charge in [0.25, 0.3) is 0 Å². The smallest absolute Gasteiger partial charge is 0.326 e. The fraction of sp³-hybridized carbons (Fsp3) is 0.857. The SMILES string of the molecule is CCCCCNC(=O)CC[C@H](NC(=O)CCCCCCCCCCCCCCCCC(=O)O)C(=O)O. The summed E-state index contributed by atoms with van der Waals surface area (Å²) >= 11 is 0. The van der Waals surface area contributed by atoms with Crippen molar-refractivity contribution < 1.29 is 29.4 Å². The Bertz CT molecular complexity index is 597. The Kier molecular flexibility index (Phi) is 23.1. The number of hydrogen-bond donors (Lipinski definition) is 4. The maximum atomic E-state index is 12.1. The minimum Gasteiger partial charge on any atom is -0.481 e. The molecule has 0 aromatic heterocycles. The van der Waals surface area contributed by atoms with Crippen LogP contribution in [0, 0.1) is 0 Å². The summed E-state index contributed by atoms with van der Waals surface area (Å²) < 4.78 is 0. The molecule has 2 amide bonds. The third kappa shape index (κ3) is 23.6. The van der Waals surface area contributed by atoms with E-state index in [1.165, 1.54) is 44.9 Å². The van der Waals surface area contributed by atoms with Crippen molar-refractivity contribution in [3.05, 3.63) is 0 Å². The van der Waals surface area contributed by atoms with Crippen LogP contribution in [0.2, 0.25) is 0 Å². The molecule has 0 saturated heterocycles. The lowest BCUT2D eigenvalue weighted by Gasteiger charge is -2.14. The molecule has 0 aromatic rings. The molecular weight excluding hydrogens is 460 g/mol. The van der Waals surface area contributed by atoms with Gasteiger partial charge in [-0.25, -0.2) is 4.79 Å². The van der Waals surface area contributed by atoms with Gasteiger partial charge >= 0.3 is 11.9 Å². The zero-order chi connectivity index (χ0) is 26.9. The van der Waals surface area contributed by atoms with Gasteiger partial charge in [0.2, 0.25) is 11.8 Å². The number of unbranched alkanes of at least 4 members (excludes halogenated alkanes) is 15. The molecule has 0 radical (unpaired) electrons. The molecule has 0 rings (SSSR count). The number of carboxylic acids is 2. The second kappa shape index (κ2) is 24.6. The van der Waals surface area contributed by atoms with E-state index in [1.54, 1.807) is 0 Å². The Morgan fingerprint density at radius 1 is 0.583 bits per heavy atom. The number of carbonyl (C=O) groups is 4. The van der Waals surface area contributed by atoms with E-state index in [-0.39, 0.29) is 24.7 Å². The van der Waals surface area contributed by atoms with Gasteiger partial charge in [-0.15, -0.1) is 0 Å². The summed E-state index contributed by atoms with van der Waals surface area (Å²) in [6.07, 6.45) is 19.5. The zero-order valence-corrected chi connectivity index (χ0v) is 22.7. The fourth-order valence-electron chi connectivity index (χ4n) is 4.17. The Morgan fingerprint density at radius 3 is 1.50 bits per heavy atom. The first-order valence-electron chi connectivity index (χ1n) is 14.4. The Balaban J connectivity index is 3.60. The minimum absolute atomic E-state index is 0.0952. The maximum Gasteiger partial charge on any atom is 0.326 e. The van der Waals surface area contributed by atoms with E-state index in [1.807, 2.05) is 0 Å². The average Bonchev–Trinajstić information content (AvgIpc) is 2.83. The van der Waals surface area contributed by atoms with E-state index in [2.05, 4.69) is 17.6 Å². The van der Waals surface area contributed by atoms with Crippen molar-refractivity contribution >= 4 is 23.8 Å². The number of rotatable bonds is 26. The minimum atomic E-state index is -1.10. The average molecular weight is 513 g/mol. The van der Waals surface area contributed by atoms with Gasteiger partial charge in [-0.05, 0) is 25.7 Å². The quantitative estimate of drug-likeness (QED) is 0.106. The van der Waals surface area contributed by atoms with Gasteiger partial charge in [0.1, 0.15) is 6.04 Å². The second-order valence-corrected chi connectivity index (χ2v) is 9.90. The van der Waals surface area contributed by atoms with E-state index in [0.717, 1.165) is 64.2 Å². The monoisotopic (exact) mass is 512 g/mol. The lowest BCUT2D eigenvalue weighted by molar-refractivity contribution is -0.142. The summed E-state index contributed by atoms with van der Waals surface area (Å²) in [5.41, 5.74) is 0. The Hall–Kier alpha value is -2.12. The summed E-state index contributed by atoms with van der Waals surface area (Å²) in [6.45, 7) is 2.70. The van der Waals surface area contributed by atoms with Crippen LogP contribution in [0.25, 0.3) is 0 Å². The van der Waals surface area contributed by atoms with Gasteiger partial charge in [0, 0.05) is 25.8 Å². The summed E-state index contributed by atoms with van der Waals surface area (Å²) in [4.78, 5) is 45.8. The van der Waals surface area contributed by atoms with Crippen molar-refractivity contribution in [1.29, 1.82) is 0 Å². The molecule has 1 atom stereocenters. The standard InChI is InChI=1S/C28H52N2O6/c1-2-3-18-23-29-25(31)22-21-24(28(35)36)30-26(32)19-16-14-12-10-8-6-4-5-7-9-11-13-15-17-20-27(33)34/h24H,2-23H2,1H3,(H,29,31)(H,30,32)(H,33,34)(H,35,36)/t24-/m0/s1. The van der Waals surface area contributed by atoms with Crippen LogP contribution in [0.1, 0.15) is 142 Å². The van der Waals surface area contributed by atoms with Gasteiger partial charge < -0.3 is 20.8 Å². The molecule has 0 heterocycles. The first-order chi connectivity index (χ1) is 17.4. The van der Waals surface area contributed by atoms with Crippen LogP contribution in [0.3, 0.4) is 0 Å². The van der Waals surface area contributed by atoms with Crippen LogP contribution in [-0.2, 0) is 19.2 Å². The van der Waals surface area contributed by atoms with E-state index >= 15 is 0 Å². The van der Waals surface area contributed by atoms with E-state index < -0.39 is 18.0 Å². The molecule has 0 unspecified atom stereocenters. The van der Waals surface area contributed by atoms with Gasteiger partial charge in [-0.2, -0.15) is 0 Å². The van der Waals surface area contributed by atoms with E-state index in [9.17, 15) is 24.3 Å². The number of aliphatic carboxylic acids is 2. The molecule has 36 heavy (non-hydrogen) atoms. The lowest BCUT2D eigenvalue weighted by Crippen LogP contribution is -2.41. The predicted molar refractivity (Wildman–Crippen MR) is 143 cm³/mol. The molecule has 4 N–H and O–H groups in total. The molecule has 0 bridgehead atoms.